The molecular weight excluding hydrogens is 243 g/mol. The van der Waals surface area contributed by atoms with Gasteiger partial charge in [0.15, 0.2) is 0 Å². The molecule has 1 N–H and O–H groups in total. The smallest absolute Gasteiger partial charge is 0.326 e. The van der Waals surface area contributed by atoms with Crippen molar-refractivity contribution in [2.45, 2.75) is 31.4 Å². The molecule has 0 aromatic heterocycles. The first kappa shape index (κ1) is 11.6. The van der Waals surface area contributed by atoms with Crippen LogP contribution in [0.2, 0.25) is 0 Å². The van der Waals surface area contributed by atoms with E-state index in [1.165, 1.54) is 12.1 Å². The zero-order chi connectivity index (χ0) is 12.9. The van der Waals surface area contributed by atoms with Crippen molar-refractivity contribution in [3.63, 3.8) is 0 Å². The monoisotopic (exact) mass is 255 g/mol. The molecule has 2 aliphatic rings. The molecule has 2 nitrogen and oxygen atoms in total. The van der Waals surface area contributed by atoms with Crippen molar-refractivity contribution < 1.29 is 18.0 Å². The first-order chi connectivity index (χ1) is 8.47. The third kappa shape index (κ3) is 1.69. The van der Waals surface area contributed by atoms with Crippen molar-refractivity contribution >= 4 is 11.6 Å². The minimum absolute atomic E-state index is 0.0453. The SMILES string of the molecule is O=C1Nc2ccc(C(F)(F)F)cc2[C@H]2CCC[C@H]12. The molecule has 0 unspecified atom stereocenters. The Bertz CT molecular complexity index is 509. The molecule has 18 heavy (non-hydrogen) atoms. The van der Waals surface area contributed by atoms with Gasteiger partial charge in [-0.05, 0) is 42.5 Å². The van der Waals surface area contributed by atoms with Crippen LogP contribution in [-0.2, 0) is 11.0 Å². The van der Waals surface area contributed by atoms with Crippen molar-refractivity contribution in [3.05, 3.63) is 29.3 Å². The quantitative estimate of drug-likeness (QED) is 0.754. The highest BCUT2D eigenvalue weighted by Crippen LogP contribution is 2.47. The topological polar surface area (TPSA) is 29.1 Å². The molecule has 0 bridgehead atoms. The number of benzene rings is 1. The van der Waals surface area contributed by atoms with Gasteiger partial charge in [0.05, 0.1) is 5.56 Å². The molecule has 1 aromatic rings. The Hall–Kier alpha value is -1.52. The van der Waals surface area contributed by atoms with Crippen LogP contribution < -0.4 is 5.32 Å². The normalized spacial score (nSPS) is 26.5. The molecule has 0 radical (unpaired) electrons. The van der Waals surface area contributed by atoms with Crippen LogP contribution in [0.3, 0.4) is 0 Å². The Morgan fingerprint density at radius 1 is 1.17 bits per heavy atom. The second-order valence-corrected chi connectivity index (χ2v) is 4.93. The molecule has 1 heterocycles. The number of carbonyl (C=O) groups is 1. The summed E-state index contributed by atoms with van der Waals surface area (Å²) < 4.78 is 38.1. The third-order valence-corrected chi connectivity index (χ3v) is 3.89. The van der Waals surface area contributed by atoms with E-state index in [-0.39, 0.29) is 17.7 Å². The Morgan fingerprint density at radius 3 is 2.61 bits per heavy atom. The summed E-state index contributed by atoms with van der Waals surface area (Å²) in [6.07, 6.45) is -1.86. The average Bonchev–Trinajstić information content (AvgIpc) is 2.77. The zero-order valence-electron chi connectivity index (χ0n) is 9.55. The van der Waals surface area contributed by atoms with Crippen molar-refractivity contribution in [2.75, 3.05) is 5.32 Å². The van der Waals surface area contributed by atoms with Gasteiger partial charge < -0.3 is 5.32 Å². The second-order valence-electron chi connectivity index (χ2n) is 4.93. The highest BCUT2D eigenvalue weighted by Gasteiger charge is 2.40. The van der Waals surface area contributed by atoms with E-state index in [0.717, 1.165) is 25.3 Å². The predicted octanol–water partition coefficient (Wildman–Crippen LogP) is 3.54. The molecule has 96 valence electrons. The minimum Gasteiger partial charge on any atom is -0.326 e. The van der Waals surface area contributed by atoms with Crippen LogP contribution in [0.25, 0.3) is 0 Å². The van der Waals surface area contributed by atoms with Crippen LogP contribution in [0.15, 0.2) is 18.2 Å². The van der Waals surface area contributed by atoms with Crippen LogP contribution in [0.4, 0.5) is 18.9 Å². The number of hydrogen-bond donors (Lipinski definition) is 1. The summed E-state index contributed by atoms with van der Waals surface area (Å²) in [6.45, 7) is 0. The fourth-order valence-electron chi connectivity index (χ4n) is 3.03. The summed E-state index contributed by atoms with van der Waals surface area (Å²) >= 11 is 0. The highest BCUT2D eigenvalue weighted by atomic mass is 19.4. The summed E-state index contributed by atoms with van der Waals surface area (Å²) in [4.78, 5) is 11.8. The largest absolute Gasteiger partial charge is 0.416 e. The van der Waals surface area contributed by atoms with E-state index in [4.69, 9.17) is 0 Å². The number of hydrogen-bond acceptors (Lipinski definition) is 1. The number of alkyl halides is 3. The van der Waals surface area contributed by atoms with Crippen molar-refractivity contribution in [1.82, 2.24) is 0 Å². The summed E-state index contributed by atoms with van der Waals surface area (Å²) in [5.41, 5.74) is 0.547. The van der Waals surface area contributed by atoms with Gasteiger partial charge in [0, 0.05) is 11.6 Å². The molecule has 0 saturated heterocycles. The first-order valence-corrected chi connectivity index (χ1v) is 5.99. The van der Waals surface area contributed by atoms with E-state index in [1.54, 1.807) is 0 Å². The highest BCUT2D eigenvalue weighted by molar-refractivity contribution is 5.97. The lowest BCUT2D eigenvalue weighted by atomic mass is 9.83. The Labute approximate surface area is 102 Å². The molecule has 1 aliphatic heterocycles. The number of fused-ring (bicyclic) bond motifs is 3. The van der Waals surface area contributed by atoms with Gasteiger partial charge in [-0.2, -0.15) is 13.2 Å². The number of carbonyl (C=O) groups excluding carboxylic acids is 1. The molecule has 1 aromatic carbocycles. The van der Waals surface area contributed by atoms with Gasteiger partial charge in [0.1, 0.15) is 0 Å². The van der Waals surface area contributed by atoms with E-state index in [9.17, 15) is 18.0 Å². The maximum Gasteiger partial charge on any atom is 0.416 e. The average molecular weight is 255 g/mol. The maximum atomic E-state index is 12.7. The minimum atomic E-state index is -4.33. The summed E-state index contributed by atoms with van der Waals surface area (Å²) in [6, 6.07) is 3.58. The van der Waals surface area contributed by atoms with Crippen LogP contribution in [0.1, 0.15) is 36.3 Å². The molecule has 1 amide bonds. The van der Waals surface area contributed by atoms with E-state index in [2.05, 4.69) is 5.32 Å². The molecular formula is C13H12F3NO. The Morgan fingerprint density at radius 2 is 1.89 bits per heavy atom. The summed E-state index contributed by atoms with van der Waals surface area (Å²) in [5, 5.41) is 2.70. The first-order valence-electron chi connectivity index (χ1n) is 5.99. The van der Waals surface area contributed by atoms with Crippen LogP contribution in [0, 0.1) is 5.92 Å². The van der Waals surface area contributed by atoms with Crippen molar-refractivity contribution in [1.29, 1.82) is 0 Å². The lowest BCUT2D eigenvalue weighted by Crippen LogP contribution is -2.30. The van der Waals surface area contributed by atoms with Gasteiger partial charge in [0.25, 0.3) is 0 Å². The number of anilines is 1. The van der Waals surface area contributed by atoms with Gasteiger partial charge in [-0.3, -0.25) is 4.79 Å². The van der Waals surface area contributed by atoms with Crippen molar-refractivity contribution in [2.24, 2.45) is 5.92 Å². The molecule has 0 spiro atoms. The maximum absolute atomic E-state index is 12.7. The molecule has 3 rings (SSSR count). The van der Waals surface area contributed by atoms with Crippen LogP contribution in [0.5, 0.6) is 0 Å². The predicted molar refractivity (Wildman–Crippen MR) is 60.2 cm³/mol. The van der Waals surface area contributed by atoms with Gasteiger partial charge in [-0.1, -0.05) is 6.42 Å². The number of rotatable bonds is 0. The summed E-state index contributed by atoms with van der Waals surface area (Å²) in [7, 11) is 0. The molecule has 2 atom stereocenters. The summed E-state index contributed by atoms with van der Waals surface area (Å²) in [5.74, 6) is -0.248. The standard InChI is InChI=1S/C13H12F3NO/c14-13(15,16)7-4-5-11-10(6-7)8-2-1-3-9(8)12(18)17-11/h4-6,8-9H,1-3H2,(H,17,18)/t8-,9-/m0/s1. The molecule has 1 fully saturated rings. The number of amides is 1. The van der Waals surface area contributed by atoms with Gasteiger partial charge in [-0.25, -0.2) is 0 Å². The molecule has 5 heteroatoms. The van der Waals surface area contributed by atoms with E-state index >= 15 is 0 Å². The third-order valence-electron chi connectivity index (χ3n) is 3.89. The molecule has 1 saturated carbocycles. The molecule has 1 aliphatic carbocycles. The lowest BCUT2D eigenvalue weighted by molar-refractivity contribution is -0.137. The number of nitrogens with one attached hydrogen (secondary N) is 1. The van der Waals surface area contributed by atoms with E-state index < -0.39 is 11.7 Å². The fraction of sp³-hybridized carbons (Fsp3) is 0.462. The van der Waals surface area contributed by atoms with E-state index in [1.807, 2.05) is 0 Å². The Balaban J connectivity index is 2.08. The van der Waals surface area contributed by atoms with Gasteiger partial charge in [0.2, 0.25) is 5.91 Å². The van der Waals surface area contributed by atoms with E-state index in [0.29, 0.717) is 11.3 Å². The van der Waals surface area contributed by atoms with Crippen molar-refractivity contribution in [3.8, 4) is 0 Å². The lowest BCUT2D eigenvalue weighted by Gasteiger charge is -2.28. The fourth-order valence-corrected chi connectivity index (χ4v) is 3.03. The number of halogens is 3. The van der Waals surface area contributed by atoms with Gasteiger partial charge in [-0.15, -0.1) is 0 Å². The van der Waals surface area contributed by atoms with Crippen LogP contribution in [-0.4, -0.2) is 5.91 Å². The van der Waals surface area contributed by atoms with Crippen LogP contribution >= 0.6 is 0 Å². The Kier molecular flexibility index (Phi) is 2.40. The second kappa shape index (κ2) is 3.73. The van der Waals surface area contributed by atoms with Gasteiger partial charge >= 0.3 is 6.18 Å². The zero-order valence-corrected chi connectivity index (χ0v) is 9.55.